The van der Waals surface area contributed by atoms with Crippen LogP contribution < -0.4 is 10.5 Å². The highest BCUT2D eigenvalue weighted by Crippen LogP contribution is 2.35. The average molecular weight is 278 g/mol. The molecule has 0 aromatic carbocycles. The molecule has 6 heteroatoms. The van der Waals surface area contributed by atoms with Gasteiger partial charge in [-0.2, -0.15) is 0 Å². The van der Waals surface area contributed by atoms with Gasteiger partial charge >= 0.3 is 0 Å². The molecule has 1 fully saturated rings. The maximum Gasteiger partial charge on any atom is 0.220 e. The number of rotatable bonds is 5. The first-order chi connectivity index (χ1) is 7.77. The Morgan fingerprint density at radius 2 is 1.94 bits per heavy atom. The zero-order valence-electron chi connectivity index (χ0n) is 10.5. The summed E-state index contributed by atoms with van der Waals surface area (Å²) in [5.41, 5.74) is 5.46. The first-order valence-corrected chi connectivity index (χ1v) is 8.00. The Bertz CT molecular complexity index is 373. The Balaban J connectivity index is 2.57. The van der Waals surface area contributed by atoms with Crippen molar-refractivity contribution in [2.75, 3.05) is 6.54 Å². The highest BCUT2D eigenvalue weighted by Gasteiger charge is 2.30. The lowest BCUT2D eigenvalue weighted by molar-refractivity contribution is 0.219. The van der Waals surface area contributed by atoms with Gasteiger partial charge in [0.2, 0.25) is 10.0 Å². The van der Waals surface area contributed by atoms with Gasteiger partial charge in [0.15, 0.2) is 0 Å². The van der Waals surface area contributed by atoms with E-state index in [1.54, 1.807) is 0 Å². The number of sulfonamides is 1. The van der Waals surface area contributed by atoms with Crippen LogP contribution in [0.3, 0.4) is 0 Å². The van der Waals surface area contributed by atoms with Crippen molar-refractivity contribution in [2.24, 2.45) is 11.1 Å². The zero-order chi connectivity index (χ0) is 13.1. The normalized spacial score (nSPS) is 22.0. The minimum atomic E-state index is -3.41. The minimum Gasteiger partial charge on any atom is -0.392 e. The van der Waals surface area contributed by atoms with E-state index >= 15 is 0 Å². The fraction of sp³-hybridized carbons (Fsp3) is 0.909. The summed E-state index contributed by atoms with van der Waals surface area (Å²) < 4.78 is 26.4. The summed E-state index contributed by atoms with van der Waals surface area (Å²) in [7, 11) is -3.41. The Morgan fingerprint density at radius 1 is 1.41 bits per heavy atom. The van der Waals surface area contributed by atoms with Crippen LogP contribution in [0, 0.1) is 5.41 Å². The van der Waals surface area contributed by atoms with Gasteiger partial charge in [0, 0.05) is 6.54 Å². The molecule has 100 valence electrons. The smallest absolute Gasteiger partial charge is 0.220 e. The van der Waals surface area contributed by atoms with E-state index < -0.39 is 15.3 Å². The molecule has 0 aromatic rings. The number of thiocarbonyl (C=S) groups is 1. The van der Waals surface area contributed by atoms with E-state index in [1.165, 1.54) is 26.2 Å². The van der Waals surface area contributed by atoms with Crippen LogP contribution in [0.1, 0.15) is 46.0 Å². The summed E-state index contributed by atoms with van der Waals surface area (Å²) in [6.07, 6.45) is 5.78. The second kappa shape index (κ2) is 5.63. The maximum absolute atomic E-state index is 11.9. The number of hydrogen-bond acceptors (Lipinski definition) is 3. The summed E-state index contributed by atoms with van der Waals surface area (Å²) in [6, 6.07) is 0. The maximum atomic E-state index is 11.9. The predicted molar refractivity (Wildman–Crippen MR) is 74.4 cm³/mol. The van der Waals surface area contributed by atoms with Crippen molar-refractivity contribution < 1.29 is 8.42 Å². The van der Waals surface area contributed by atoms with Crippen LogP contribution in [-0.4, -0.2) is 25.2 Å². The molecule has 1 aliphatic carbocycles. The first kappa shape index (κ1) is 14.9. The van der Waals surface area contributed by atoms with Gasteiger partial charge in [-0.3, -0.25) is 0 Å². The van der Waals surface area contributed by atoms with Crippen molar-refractivity contribution in [1.29, 1.82) is 0 Å². The summed E-state index contributed by atoms with van der Waals surface area (Å²) in [6.45, 7) is 4.15. The number of nitrogens with two attached hydrogens (primary N) is 1. The lowest BCUT2D eigenvalue weighted by atomic mass is 9.76. The van der Waals surface area contributed by atoms with E-state index in [1.807, 2.05) is 0 Å². The predicted octanol–water partition coefficient (Wildman–Crippen LogP) is 1.55. The van der Waals surface area contributed by atoms with Crippen LogP contribution in [0.4, 0.5) is 0 Å². The third kappa shape index (κ3) is 4.19. The highest BCUT2D eigenvalue weighted by atomic mass is 32.2. The molecule has 4 nitrogen and oxygen atoms in total. The van der Waals surface area contributed by atoms with Crippen molar-refractivity contribution in [3.8, 4) is 0 Å². The average Bonchev–Trinajstić information content (AvgIpc) is 2.27. The van der Waals surface area contributed by atoms with Gasteiger partial charge in [-0.25, -0.2) is 13.1 Å². The van der Waals surface area contributed by atoms with E-state index in [0.29, 0.717) is 6.54 Å². The van der Waals surface area contributed by atoms with Gasteiger partial charge < -0.3 is 5.73 Å². The van der Waals surface area contributed by atoms with Gasteiger partial charge in [-0.15, -0.1) is 0 Å². The van der Waals surface area contributed by atoms with E-state index in [2.05, 4.69) is 11.6 Å². The Kier molecular flexibility index (Phi) is 4.92. The minimum absolute atomic E-state index is 0.0197. The van der Waals surface area contributed by atoms with Crippen LogP contribution in [0.2, 0.25) is 0 Å². The highest BCUT2D eigenvalue weighted by molar-refractivity contribution is 7.93. The zero-order valence-corrected chi connectivity index (χ0v) is 12.2. The summed E-state index contributed by atoms with van der Waals surface area (Å²) in [4.78, 5) is 0.0197. The SMILES string of the molecule is CC(C(N)=S)S(=O)(=O)NCC1(C)CCCCC1. The van der Waals surface area contributed by atoms with E-state index in [-0.39, 0.29) is 10.4 Å². The molecule has 17 heavy (non-hydrogen) atoms. The van der Waals surface area contributed by atoms with Gasteiger partial charge in [-0.05, 0) is 25.2 Å². The molecule has 1 aliphatic rings. The van der Waals surface area contributed by atoms with E-state index in [9.17, 15) is 8.42 Å². The molecular weight excluding hydrogens is 256 g/mol. The molecule has 0 amide bonds. The first-order valence-electron chi connectivity index (χ1n) is 6.05. The third-order valence-corrected chi connectivity index (χ3v) is 5.86. The molecule has 0 radical (unpaired) electrons. The fourth-order valence-electron chi connectivity index (χ4n) is 2.13. The monoisotopic (exact) mass is 278 g/mol. The van der Waals surface area contributed by atoms with E-state index in [0.717, 1.165) is 12.8 Å². The molecule has 1 rings (SSSR count). The molecule has 0 heterocycles. The standard InChI is InChI=1S/C11H22N2O2S2/c1-9(10(12)16)17(14,15)13-8-11(2)6-4-3-5-7-11/h9,13H,3-8H2,1-2H3,(H2,12,16). The van der Waals surface area contributed by atoms with Crippen LogP contribution in [0.15, 0.2) is 0 Å². The summed E-state index contributed by atoms with van der Waals surface area (Å²) in [5, 5.41) is -0.801. The summed E-state index contributed by atoms with van der Waals surface area (Å²) in [5.74, 6) is 0. The van der Waals surface area contributed by atoms with Crippen molar-refractivity contribution in [3.63, 3.8) is 0 Å². The molecule has 1 unspecified atom stereocenters. The lowest BCUT2D eigenvalue weighted by Crippen LogP contribution is -2.44. The molecule has 0 aliphatic heterocycles. The Labute approximate surface area is 109 Å². The summed E-state index contributed by atoms with van der Waals surface area (Å²) >= 11 is 4.72. The number of hydrogen-bond donors (Lipinski definition) is 2. The second-order valence-corrected chi connectivity index (χ2v) is 7.84. The van der Waals surface area contributed by atoms with Gasteiger partial charge in [0.1, 0.15) is 5.25 Å². The molecule has 0 spiro atoms. The van der Waals surface area contributed by atoms with Crippen molar-refractivity contribution in [1.82, 2.24) is 4.72 Å². The molecule has 0 bridgehead atoms. The van der Waals surface area contributed by atoms with Crippen LogP contribution in [0.25, 0.3) is 0 Å². The quantitative estimate of drug-likeness (QED) is 0.749. The molecule has 3 N–H and O–H groups in total. The molecule has 1 atom stereocenters. The second-order valence-electron chi connectivity index (χ2n) is 5.28. The van der Waals surface area contributed by atoms with Crippen molar-refractivity contribution in [2.45, 2.75) is 51.2 Å². The van der Waals surface area contributed by atoms with Crippen molar-refractivity contribution in [3.05, 3.63) is 0 Å². The molecule has 0 aromatic heterocycles. The Morgan fingerprint density at radius 3 is 2.41 bits per heavy atom. The topological polar surface area (TPSA) is 72.2 Å². The molecule has 1 saturated carbocycles. The molecule has 0 saturated heterocycles. The third-order valence-electron chi connectivity index (χ3n) is 3.63. The van der Waals surface area contributed by atoms with Gasteiger partial charge in [0.25, 0.3) is 0 Å². The van der Waals surface area contributed by atoms with E-state index in [4.69, 9.17) is 18.0 Å². The van der Waals surface area contributed by atoms with Crippen LogP contribution >= 0.6 is 12.2 Å². The Hall–Kier alpha value is -0.200. The van der Waals surface area contributed by atoms with Crippen LogP contribution in [0.5, 0.6) is 0 Å². The van der Waals surface area contributed by atoms with Crippen LogP contribution in [-0.2, 0) is 10.0 Å². The molecular formula is C11H22N2O2S2. The largest absolute Gasteiger partial charge is 0.392 e. The van der Waals surface area contributed by atoms with Crippen molar-refractivity contribution >= 4 is 27.2 Å². The fourth-order valence-corrected chi connectivity index (χ4v) is 3.62. The number of nitrogens with one attached hydrogen (secondary N) is 1. The van der Waals surface area contributed by atoms with Gasteiger partial charge in [-0.1, -0.05) is 38.4 Å². The lowest BCUT2D eigenvalue weighted by Gasteiger charge is -2.33. The van der Waals surface area contributed by atoms with Gasteiger partial charge in [0.05, 0.1) is 4.99 Å².